The van der Waals surface area contributed by atoms with Gasteiger partial charge in [-0.25, -0.2) is 4.99 Å². The zero-order valence-electron chi connectivity index (χ0n) is 20.4. The third kappa shape index (κ3) is 5.56. The van der Waals surface area contributed by atoms with Crippen LogP contribution in [-0.2, 0) is 11.2 Å². The van der Waals surface area contributed by atoms with Gasteiger partial charge in [0.2, 0.25) is 0 Å². The third-order valence-electron chi connectivity index (χ3n) is 5.86. The lowest BCUT2D eigenvalue weighted by atomic mass is 9.79. The second kappa shape index (κ2) is 10.7. The molecule has 2 heterocycles. The number of hydrogen-bond donors (Lipinski definition) is 0. The van der Waals surface area contributed by atoms with E-state index in [0.717, 1.165) is 36.1 Å². The summed E-state index contributed by atoms with van der Waals surface area (Å²) in [7, 11) is 3.34. The number of benzene rings is 1. The van der Waals surface area contributed by atoms with Crippen LogP contribution in [0.2, 0.25) is 5.02 Å². The molecule has 0 aliphatic carbocycles. The smallest absolute Gasteiger partial charge is 0.193 e. The average Bonchev–Trinajstić information content (AvgIpc) is 2.76. The monoisotopic (exact) mass is 471 g/mol. The van der Waals surface area contributed by atoms with Gasteiger partial charge in [-0.1, -0.05) is 39.3 Å². The van der Waals surface area contributed by atoms with Crippen molar-refractivity contribution in [2.45, 2.75) is 53.0 Å². The number of amidine groups is 1. The van der Waals surface area contributed by atoms with Crippen LogP contribution in [-0.4, -0.2) is 44.0 Å². The summed E-state index contributed by atoms with van der Waals surface area (Å²) in [6.07, 6.45) is 6.05. The van der Waals surface area contributed by atoms with Gasteiger partial charge in [0.05, 0.1) is 22.9 Å². The van der Waals surface area contributed by atoms with Crippen LogP contribution < -0.4 is 10.2 Å². The van der Waals surface area contributed by atoms with Crippen LogP contribution in [0.5, 0.6) is 5.75 Å². The van der Waals surface area contributed by atoms with E-state index >= 15 is 0 Å². The molecule has 1 aliphatic heterocycles. The number of fused-ring (bicyclic) bond motifs is 3. The van der Waals surface area contributed by atoms with E-state index in [0.29, 0.717) is 35.4 Å². The number of pyridine rings is 1. The summed E-state index contributed by atoms with van der Waals surface area (Å²) in [5.41, 5.74) is 3.29. The van der Waals surface area contributed by atoms with Gasteiger partial charge in [0, 0.05) is 57.3 Å². The highest BCUT2D eigenvalue weighted by atomic mass is 35.5. The van der Waals surface area contributed by atoms with E-state index < -0.39 is 0 Å². The Morgan fingerprint density at radius 1 is 1.27 bits per heavy atom. The molecule has 2 aromatic rings. The molecular weight excluding hydrogens is 438 g/mol. The number of nitrogens with zero attached hydrogens (tertiary/aromatic N) is 3. The van der Waals surface area contributed by atoms with E-state index in [1.165, 1.54) is 0 Å². The normalized spacial score (nSPS) is 16.1. The molecule has 7 heteroatoms. The van der Waals surface area contributed by atoms with Gasteiger partial charge in [-0.3, -0.25) is 9.79 Å². The zero-order chi connectivity index (χ0) is 24.2. The molecule has 0 saturated carbocycles. The first-order chi connectivity index (χ1) is 15.7. The van der Waals surface area contributed by atoms with Crippen molar-refractivity contribution >= 4 is 23.7 Å². The molecule has 0 fully saturated rings. The summed E-state index contributed by atoms with van der Waals surface area (Å²) in [6.45, 7) is 9.82. The maximum absolute atomic E-state index is 13.1. The molecule has 1 unspecified atom stereocenters. The van der Waals surface area contributed by atoms with Gasteiger partial charge >= 0.3 is 0 Å². The van der Waals surface area contributed by atoms with E-state index in [9.17, 15) is 4.79 Å². The van der Waals surface area contributed by atoms with Crippen LogP contribution in [0.3, 0.4) is 0 Å². The number of aromatic nitrogens is 1. The standard InChI is InChI=1S/C26H34ClN3O3/c1-7-9-29-25(28-5)19-16-30-21(15-22(19)31)18-14-20(27)23(33-11-8-10-32-6)12-17(18)13-24(30)26(2,3)4/h9,12,14-16,24H,7-8,10-11,13H2,1-6H3. The van der Waals surface area contributed by atoms with Crippen molar-refractivity contribution in [1.29, 1.82) is 0 Å². The summed E-state index contributed by atoms with van der Waals surface area (Å²) in [4.78, 5) is 21.8. The highest BCUT2D eigenvalue weighted by Crippen LogP contribution is 2.45. The SMILES string of the molecule is CCC=NC(=NC)c1cn2c(cc1=O)-c1cc(Cl)c(OCCCOC)cc1CC2C(C)(C)C. The second-order valence-corrected chi connectivity index (χ2v) is 9.74. The number of halogens is 1. The lowest BCUT2D eigenvalue weighted by molar-refractivity contribution is 0.172. The van der Waals surface area contributed by atoms with Gasteiger partial charge in [0.25, 0.3) is 0 Å². The zero-order valence-corrected chi connectivity index (χ0v) is 21.2. The Bertz CT molecular complexity index is 1110. The molecule has 1 aromatic carbocycles. The van der Waals surface area contributed by atoms with E-state index in [-0.39, 0.29) is 16.9 Å². The molecule has 33 heavy (non-hydrogen) atoms. The van der Waals surface area contributed by atoms with Crippen LogP contribution >= 0.6 is 11.6 Å². The minimum atomic E-state index is -0.105. The number of aliphatic imine (C=N–C) groups is 2. The maximum Gasteiger partial charge on any atom is 0.193 e. The minimum absolute atomic E-state index is 0.0475. The second-order valence-electron chi connectivity index (χ2n) is 9.33. The molecule has 0 N–H and O–H groups in total. The van der Waals surface area contributed by atoms with Crippen LogP contribution in [0.25, 0.3) is 11.3 Å². The Morgan fingerprint density at radius 3 is 2.67 bits per heavy atom. The molecule has 1 atom stereocenters. The molecule has 0 spiro atoms. The first-order valence-corrected chi connectivity index (χ1v) is 11.8. The van der Waals surface area contributed by atoms with Crippen molar-refractivity contribution in [1.82, 2.24) is 4.57 Å². The number of hydrogen-bond acceptors (Lipinski definition) is 4. The maximum atomic E-state index is 13.1. The molecule has 0 saturated heterocycles. The van der Waals surface area contributed by atoms with Crippen molar-refractivity contribution in [3.63, 3.8) is 0 Å². The Balaban J connectivity index is 2.13. The van der Waals surface area contributed by atoms with E-state index in [1.807, 2.05) is 25.3 Å². The minimum Gasteiger partial charge on any atom is -0.492 e. The van der Waals surface area contributed by atoms with E-state index in [4.69, 9.17) is 21.1 Å². The quantitative estimate of drug-likeness (QED) is 0.300. The van der Waals surface area contributed by atoms with Crippen LogP contribution in [0.1, 0.15) is 57.7 Å². The first kappa shape index (κ1) is 25.2. The van der Waals surface area contributed by atoms with Crippen molar-refractivity contribution in [3.8, 4) is 17.0 Å². The van der Waals surface area contributed by atoms with Gasteiger partial charge in [0.15, 0.2) is 11.3 Å². The molecule has 178 valence electrons. The summed E-state index contributed by atoms with van der Waals surface area (Å²) in [5.74, 6) is 1.12. The van der Waals surface area contributed by atoms with Crippen LogP contribution in [0, 0.1) is 5.41 Å². The van der Waals surface area contributed by atoms with Crippen molar-refractivity contribution in [2.75, 3.05) is 27.4 Å². The Morgan fingerprint density at radius 2 is 2.03 bits per heavy atom. The Hall–Kier alpha value is -2.44. The lowest BCUT2D eigenvalue weighted by Crippen LogP contribution is -2.32. The molecule has 6 nitrogen and oxygen atoms in total. The summed E-state index contributed by atoms with van der Waals surface area (Å²) < 4.78 is 13.2. The summed E-state index contributed by atoms with van der Waals surface area (Å²) >= 11 is 6.59. The molecule has 0 radical (unpaired) electrons. The predicted molar refractivity (Wildman–Crippen MR) is 137 cm³/mol. The van der Waals surface area contributed by atoms with Gasteiger partial charge in [-0.15, -0.1) is 0 Å². The predicted octanol–water partition coefficient (Wildman–Crippen LogP) is 5.58. The highest BCUT2D eigenvalue weighted by Gasteiger charge is 2.33. The van der Waals surface area contributed by atoms with Crippen molar-refractivity contribution < 1.29 is 9.47 Å². The topological polar surface area (TPSA) is 65.2 Å². The van der Waals surface area contributed by atoms with Crippen molar-refractivity contribution in [2.24, 2.45) is 15.4 Å². The third-order valence-corrected chi connectivity index (χ3v) is 6.16. The number of rotatable bonds is 7. The first-order valence-electron chi connectivity index (χ1n) is 11.4. The van der Waals surface area contributed by atoms with Crippen molar-refractivity contribution in [3.05, 3.63) is 50.8 Å². The van der Waals surface area contributed by atoms with Gasteiger partial charge in [-0.2, -0.15) is 0 Å². The molecular formula is C26H34ClN3O3. The Kier molecular flexibility index (Phi) is 8.14. The highest BCUT2D eigenvalue weighted by molar-refractivity contribution is 6.32. The number of methoxy groups -OCH3 is 1. The molecule has 0 bridgehead atoms. The fourth-order valence-electron chi connectivity index (χ4n) is 4.15. The molecule has 1 aliphatic rings. The van der Waals surface area contributed by atoms with Gasteiger partial charge < -0.3 is 14.0 Å². The lowest BCUT2D eigenvalue weighted by Gasteiger charge is -2.39. The molecule has 1 aromatic heterocycles. The fourth-order valence-corrected chi connectivity index (χ4v) is 4.36. The van der Waals surface area contributed by atoms with Gasteiger partial charge in [-0.05, 0) is 36.0 Å². The molecule has 3 rings (SSSR count). The molecule has 0 amide bonds. The van der Waals surface area contributed by atoms with Crippen LogP contribution in [0.15, 0.2) is 39.2 Å². The fraction of sp³-hybridized carbons (Fsp3) is 0.500. The average molecular weight is 472 g/mol. The van der Waals surface area contributed by atoms with Gasteiger partial charge in [0.1, 0.15) is 5.75 Å². The largest absolute Gasteiger partial charge is 0.492 e. The van der Waals surface area contributed by atoms with E-state index in [1.54, 1.807) is 26.4 Å². The number of ether oxygens (including phenoxy) is 2. The van der Waals surface area contributed by atoms with E-state index in [2.05, 4.69) is 35.3 Å². The van der Waals surface area contributed by atoms with Crippen LogP contribution in [0.4, 0.5) is 0 Å². The Labute approximate surface area is 201 Å². The summed E-state index contributed by atoms with van der Waals surface area (Å²) in [6, 6.07) is 5.76. The summed E-state index contributed by atoms with van der Waals surface area (Å²) in [5, 5.41) is 0.534.